The molecule has 20 heavy (non-hydrogen) atoms. The minimum Gasteiger partial charge on any atom is -0.508 e. The van der Waals surface area contributed by atoms with E-state index in [2.05, 4.69) is 13.8 Å². The molecule has 0 radical (unpaired) electrons. The highest BCUT2D eigenvalue weighted by Crippen LogP contribution is 2.17. The van der Waals surface area contributed by atoms with Crippen LogP contribution in [0.5, 0.6) is 5.75 Å². The predicted molar refractivity (Wildman–Crippen MR) is 82.4 cm³/mol. The second-order valence-electron chi connectivity index (χ2n) is 4.77. The Morgan fingerprint density at radius 2 is 1.45 bits per heavy atom. The minimum absolute atomic E-state index is 0.130. The van der Waals surface area contributed by atoms with E-state index >= 15 is 0 Å². The first-order chi connectivity index (χ1) is 9.40. The molecular formula is C15H26O4S. The van der Waals surface area contributed by atoms with Crippen LogP contribution >= 0.6 is 0 Å². The summed E-state index contributed by atoms with van der Waals surface area (Å²) in [5, 5.41) is 9.10. The van der Waals surface area contributed by atoms with Crippen molar-refractivity contribution in [2.24, 2.45) is 0 Å². The van der Waals surface area contributed by atoms with E-state index in [1.54, 1.807) is 12.1 Å². The van der Waals surface area contributed by atoms with Gasteiger partial charge in [-0.15, -0.1) is 0 Å². The van der Waals surface area contributed by atoms with Crippen LogP contribution in [0.1, 0.15) is 57.9 Å². The largest absolute Gasteiger partial charge is 0.508 e. The number of phenols is 1. The van der Waals surface area contributed by atoms with E-state index < -0.39 is 15.9 Å². The van der Waals surface area contributed by atoms with Gasteiger partial charge in [-0.3, -0.25) is 4.55 Å². The Morgan fingerprint density at radius 3 is 1.85 bits per heavy atom. The van der Waals surface area contributed by atoms with Gasteiger partial charge in [0.05, 0.1) is 0 Å². The molecule has 0 bridgehead atoms. The summed E-state index contributed by atoms with van der Waals surface area (Å²) < 4.78 is 29.3. The number of para-hydroxylation sites is 1. The summed E-state index contributed by atoms with van der Waals surface area (Å²) >= 11 is 0. The Kier molecular flexibility index (Phi) is 10.1. The molecule has 0 fully saturated rings. The van der Waals surface area contributed by atoms with E-state index in [-0.39, 0.29) is 11.3 Å². The standard InChI is InChI=1S/C8H18.C7H8O4S/c1-3-5-7-8-6-4-2;8-7-4-2-1-3-6(7)5-12(9,10)11/h3-8H2,1-2H3;1-4,8H,5H2,(H,9,10,11). The lowest BCUT2D eigenvalue weighted by molar-refractivity contribution is 0.462. The first kappa shape index (κ1) is 18.9. The zero-order chi connectivity index (χ0) is 15.4. The Balaban J connectivity index is 0.000000396. The van der Waals surface area contributed by atoms with Crippen molar-refractivity contribution in [1.29, 1.82) is 0 Å². The van der Waals surface area contributed by atoms with Gasteiger partial charge in [-0.1, -0.05) is 70.6 Å². The van der Waals surface area contributed by atoms with Gasteiger partial charge in [0.15, 0.2) is 0 Å². The molecule has 0 aliphatic carbocycles. The van der Waals surface area contributed by atoms with Gasteiger partial charge in [-0.25, -0.2) is 0 Å². The van der Waals surface area contributed by atoms with Gasteiger partial charge in [-0.2, -0.15) is 8.42 Å². The monoisotopic (exact) mass is 302 g/mol. The maximum absolute atomic E-state index is 10.4. The van der Waals surface area contributed by atoms with Gasteiger partial charge < -0.3 is 5.11 Å². The van der Waals surface area contributed by atoms with Crippen LogP contribution in [0.4, 0.5) is 0 Å². The molecule has 0 atom stereocenters. The molecule has 1 aromatic carbocycles. The normalized spacial score (nSPS) is 10.8. The van der Waals surface area contributed by atoms with Crippen LogP contribution in [-0.4, -0.2) is 18.1 Å². The van der Waals surface area contributed by atoms with Crippen LogP contribution in [0.15, 0.2) is 24.3 Å². The topological polar surface area (TPSA) is 74.6 Å². The average molecular weight is 302 g/mol. The van der Waals surface area contributed by atoms with Crippen molar-refractivity contribution in [3.8, 4) is 5.75 Å². The van der Waals surface area contributed by atoms with Gasteiger partial charge in [0.25, 0.3) is 10.1 Å². The molecule has 0 saturated heterocycles. The molecule has 0 unspecified atom stereocenters. The minimum atomic E-state index is -4.06. The first-order valence-electron chi connectivity index (χ1n) is 7.12. The van der Waals surface area contributed by atoms with Crippen LogP contribution < -0.4 is 0 Å². The molecule has 2 N–H and O–H groups in total. The third-order valence-electron chi connectivity index (χ3n) is 2.79. The summed E-state index contributed by atoms with van der Waals surface area (Å²) in [6.45, 7) is 4.51. The molecule has 116 valence electrons. The number of hydrogen-bond donors (Lipinski definition) is 2. The van der Waals surface area contributed by atoms with Gasteiger partial charge in [0.1, 0.15) is 11.5 Å². The lowest BCUT2D eigenvalue weighted by Crippen LogP contribution is -2.01. The SMILES string of the molecule is CCCCCCCC.O=S(=O)(O)Cc1ccccc1O. The van der Waals surface area contributed by atoms with Crippen LogP contribution in [0.25, 0.3) is 0 Å². The van der Waals surface area contributed by atoms with Gasteiger partial charge in [0.2, 0.25) is 0 Å². The number of hydrogen-bond acceptors (Lipinski definition) is 3. The summed E-state index contributed by atoms with van der Waals surface area (Å²) in [7, 11) is -4.06. The highest BCUT2D eigenvalue weighted by atomic mass is 32.2. The van der Waals surface area contributed by atoms with Crippen molar-refractivity contribution in [2.75, 3.05) is 0 Å². The Labute approximate surface area is 122 Å². The molecule has 5 heteroatoms. The van der Waals surface area contributed by atoms with Crippen molar-refractivity contribution in [3.63, 3.8) is 0 Å². The maximum atomic E-state index is 10.4. The quantitative estimate of drug-likeness (QED) is 0.586. The highest BCUT2D eigenvalue weighted by molar-refractivity contribution is 7.85. The fourth-order valence-corrected chi connectivity index (χ4v) is 2.32. The van der Waals surface area contributed by atoms with E-state index in [9.17, 15) is 8.42 Å². The number of phenolic OH excluding ortho intramolecular Hbond substituents is 1. The molecule has 0 aliphatic rings. The molecule has 0 saturated carbocycles. The molecular weight excluding hydrogens is 276 g/mol. The van der Waals surface area contributed by atoms with E-state index in [0.29, 0.717) is 0 Å². The van der Waals surface area contributed by atoms with Crippen molar-refractivity contribution in [1.82, 2.24) is 0 Å². The molecule has 0 spiro atoms. The van der Waals surface area contributed by atoms with E-state index in [4.69, 9.17) is 9.66 Å². The van der Waals surface area contributed by atoms with Crippen molar-refractivity contribution in [3.05, 3.63) is 29.8 Å². The molecule has 1 aromatic rings. The van der Waals surface area contributed by atoms with E-state index in [0.717, 1.165) is 0 Å². The summed E-state index contributed by atoms with van der Waals surface area (Å²) in [6, 6.07) is 5.95. The molecule has 0 aromatic heterocycles. The second-order valence-corrected chi connectivity index (χ2v) is 6.22. The van der Waals surface area contributed by atoms with Crippen LogP contribution in [-0.2, 0) is 15.9 Å². The third-order valence-corrected chi connectivity index (χ3v) is 3.46. The average Bonchev–Trinajstić information content (AvgIpc) is 2.37. The zero-order valence-electron chi connectivity index (χ0n) is 12.4. The van der Waals surface area contributed by atoms with Crippen LogP contribution in [0.3, 0.4) is 0 Å². The van der Waals surface area contributed by atoms with Crippen LogP contribution in [0, 0.1) is 0 Å². The van der Waals surface area contributed by atoms with Crippen molar-refractivity contribution >= 4 is 10.1 Å². The van der Waals surface area contributed by atoms with E-state index in [1.807, 2.05) is 0 Å². The fraction of sp³-hybridized carbons (Fsp3) is 0.600. The zero-order valence-corrected chi connectivity index (χ0v) is 13.2. The molecule has 1 rings (SSSR count). The number of benzene rings is 1. The highest BCUT2D eigenvalue weighted by Gasteiger charge is 2.09. The lowest BCUT2D eigenvalue weighted by Gasteiger charge is -2.00. The summed E-state index contributed by atoms with van der Waals surface area (Å²) in [6.07, 6.45) is 8.49. The number of unbranched alkanes of at least 4 members (excludes halogenated alkanes) is 5. The van der Waals surface area contributed by atoms with Crippen LogP contribution in [0.2, 0.25) is 0 Å². The van der Waals surface area contributed by atoms with Gasteiger partial charge in [-0.05, 0) is 6.07 Å². The smallest absolute Gasteiger partial charge is 0.269 e. The summed E-state index contributed by atoms with van der Waals surface area (Å²) in [5.41, 5.74) is 0.194. The summed E-state index contributed by atoms with van der Waals surface area (Å²) in [4.78, 5) is 0. The molecule has 4 nitrogen and oxygen atoms in total. The Hall–Kier alpha value is -1.07. The fourth-order valence-electron chi connectivity index (χ4n) is 1.68. The molecule has 0 heterocycles. The second kappa shape index (κ2) is 10.7. The third kappa shape index (κ3) is 10.8. The van der Waals surface area contributed by atoms with Gasteiger partial charge >= 0.3 is 0 Å². The first-order valence-corrected chi connectivity index (χ1v) is 8.73. The molecule has 0 amide bonds. The van der Waals surface area contributed by atoms with Gasteiger partial charge in [0, 0.05) is 5.56 Å². The molecule has 0 aliphatic heterocycles. The number of rotatable bonds is 7. The van der Waals surface area contributed by atoms with E-state index in [1.165, 1.54) is 50.7 Å². The Morgan fingerprint density at radius 1 is 0.950 bits per heavy atom. The van der Waals surface area contributed by atoms with Crippen molar-refractivity contribution in [2.45, 2.75) is 58.1 Å². The summed E-state index contributed by atoms with van der Waals surface area (Å²) in [5.74, 6) is -0.685. The predicted octanol–water partition coefficient (Wildman–Crippen LogP) is 4.15. The van der Waals surface area contributed by atoms with Crippen molar-refractivity contribution < 1.29 is 18.1 Å². The number of aromatic hydroxyl groups is 1. The Bertz CT molecular complexity index is 449. The lowest BCUT2D eigenvalue weighted by atomic mass is 10.1. The maximum Gasteiger partial charge on any atom is 0.269 e.